The van der Waals surface area contributed by atoms with Gasteiger partial charge in [0.1, 0.15) is 17.3 Å². The molecule has 0 spiro atoms. The highest BCUT2D eigenvalue weighted by molar-refractivity contribution is 7.90. The molecule has 1 aromatic carbocycles. The Hall–Kier alpha value is -1.59. The first-order valence-electron chi connectivity index (χ1n) is 6.00. The lowest BCUT2D eigenvalue weighted by Gasteiger charge is -2.07. The molecule has 2 aromatic rings. The van der Waals surface area contributed by atoms with Crippen LogP contribution in [-0.2, 0) is 22.1 Å². The SMILES string of the molecule is Cc1ccc(C)c(S(=O)(=O)Cc2ccc(CN)o2)c1. The second-order valence-corrected chi connectivity index (χ2v) is 6.56. The summed E-state index contributed by atoms with van der Waals surface area (Å²) in [4.78, 5) is 0.359. The van der Waals surface area contributed by atoms with E-state index in [1.54, 1.807) is 25.1 Å². The summed E-state index contributed by atoms with van der Waals surface area (Å²) in [6.45, 7) is 3.93. The van der Waals surface area contributed by atoms with Crippen LogP contribution in [0.4, 0.5) is 0 Å². The molecule has 0 atom stereocenters. The van der Waals surface area contributed by atoms with Crippen LogP contribution in [0.15, 0.2) is 39.6 Å². The second-order valence-electron chi connectivity index (χ2n) is 4.60. The molecular formula is C14H17NO3S. The number of aryl methyl sites for hydroxylation is 2. The third kappa shape index (κ3) is 3.05. The maximum absolute atomic E-state index is 12.4. The zero-order valence-electron chi connectivity index (χ0n) is 11.0. The van der Waals surface area contributed by atoms with Gasteiger partial charge in [0.2, 0.25) is 0 Å². The molecule has 0 saturated carbocycles. The van der Waals surface area contributed by atoms with Crippen LogP contribution in [0.5, 0.6) is 0 Å². The summed E-state index contributed by atoms with van der Waals surface area (Å²) < 4.78 is 30.1. The van der Waals surface area contributed by atoms with Crippen LogP contribution in [0.1, 0.15) is 22.6 Å². The van der Waals surface area contributed by atoms with Crippen molar-refractivity contribution in [3.63, 3.8) is 0 Å². The van der Waals surface area contributed by atoms with Gasteiger partial charge in [-0.05, 0) is 43.2 Å². The minimum Gasteiger partial charge on any atom is -0.464 e. The standard InChI is InChI=1S/C14H17NO3S/c1-10-3-4-11(2)14(7-10)19(16,17)9-13-6-5-12(8-15)18-13/h3-7H,8-9,15H2,1-2H3. The molecule has 0 aliphatic heterocycles. The molecule has 1 heterocycles. The summed E-state index contributed by atoms with van der Waals surface area (Å²) in [6, 6.07) is 8.76. The molecule has 0 radical (unpaired) electrons. The van der Waals surface area contributed by atoms with Crippen molar-refractivity contribution in [1.29, 1.82) is 0 Å². The van der Waals surface area contributed by atoms with Gasteiger partial charge in [0.25, 0.3) is 0 Å². The van der Waals surface area contributed by atoms with Crippen molar-refractivity contribution in [2.24, 2.45) is 5.73 Å². The Labute approximate surface area is 113 Å². The molecule has 19 heavy (non-hydrogen) atoms. The van der Waals surface area contributed by atoms with Crippen molar-refractivity contribution in [2.75, 3.05) is 0 Å². The van der Waals surface area contributed by atoms with Crippen LogP contribution in [0.25, 0.3) is 0 Å². The van der Waals surface area contributed by atoms with E-state index in [0.717, 1.165) is 11.1 Å². The van der Waals surface area contributed by atoms with Crippen LogP contribution < -0.4 is 5.73 Å². The largest absolute Gasteiger partial charge is 0.464 e. The monoisotopic (exact) mass is 279 g/mol. The Kier molecular flexibility index (Phi) is 3.78. The molecule has 1 aromatic heterocycles. The molecule has 2 rings (SSSR count). The van der Waals surface area contributed by atoms with Crippen molar-refractivity contribution in [3.05, 3.63) is 53.0 Å². The van der Waals surface area contributed by atoms with Gasteiger partial charge in [0.05, 0.1) is 11.4 Å². The number of nitrogens with two attached hydrogens (primary N) is 1. The molecule has 0 fully saturated rings. The average Bonchev–Trinajstić information content (AvgIpc) is 2.79. The number of benzene rings is 1. The normalized spacial score (nSPS) is 11.7. The van der Waals surface area contributed by atoms with E-state index in [0.29, 0.717) is 16.4 Å². The molecular weight excluding hydrogens is 262 g/mol. The van der Waals surface area contributed by atoms with Gasteiger partial charge in [-0.1, -0.05) is 12.1 Å². The summed E-state index contributed by atoms with van der Waals surface area (Å²) >= 11 is 0. The lowest BCUT2D eigenvalue weighted by molar-refractivity contribution is 0.477. The number of sulfone groups is 1. The predicted octanol–water partition coefficient (Wildman–Crippen LogP) is 2.33. The number of rotatable bonds is 4. The number of hydrogen-bond acceptors (Lipinski definition) is 4. The van der Waals surface area contributed by atoms with Gasteiger partial charge in [0.15, 0.2) is 9.84 Å². The lowest BCUT2D eigenvalue weighted by atomic mass is 10.2. The zero-order chi connectivity index (χ0) is 14.0. The number of hydrogen-bond donors (Lipinski definition) is 1. The molecule has 5 heteroatoms. The van der Waals surface area contributed by atoms with E-state index < -0.39 is 9.84 Å². The Morgan fingerprint density at radius 2 is 1.79 bits per heavy atom. The van der Waals surface area contributed by atoms with Crippen LogP contribution >= 0.6 is 0 Å². The smallest absolute Gasteiger partial charge is 0.185 e. The summed E-state index contributed by atoms with van der Waals surface area (Å²) in [5, 5.41) is 0. The summed E-state index contributed by atoms with van der Waals surface area (Å²) in [5.74, 6) is 0.865. The Bertz CT molecular complexity index is 686. The van der Waals surface area contributed by atoms with E-state index in [2.05, 4.69) is 0 Å². The zero-order valence-corrected chi connectivity index (χ0v) is 11.8. The summed E-state index contributed by atoms with van der Waals surface area (Å²) in [7, 11) is -3.40. The fraction of sp³-hybridized carbons (Fsp3) is 0.286. The van der Waals surface area contributed by atoms with E-state index in [4.69, 9.17) is 10.2 Å². The summed E-state index contributed by atoms with van der Waals surface area (Å²) in [6.07, 6.45) is 0. The maximum atomic E-state index is 12.4. The molecule has 0 amide bonds. The molecule has 0 bridgehead atoms. The summed E-state index contributed by atoms with van der Waals surface area (Å²) in [5.41, 5.74) is 7.11. The highest BCUT2D eigenvalue weighted by atomic mass is 32.2. The van der Waals surface area contributed by atoms with Gasteiger partial charge < -0.3 is 10.2 Å². The Morgan fingerprint density at radius 3 is 2.42 bits per heavy atom. The van der Waals surface area contributed by atoms with Gasteiger partial charge in [0, 0.05) is 0 Å². The molecule has 0 aliphatic rings. The molecule has 0 unspecified atom stereocenters. The molecule has 4 nitrogen and oxygen atoms in total. The quantitative estimate of drug-likeness (QED) is 0.932. The van der Waals surface area contributed by atoms with Gasteiger partial charge in [-0.3, -0.25) is 0 Å². The van der Waals surface area contributed by atoms with E-state index >= 15 is 0 Å². The minimum atomic E-state index is -3.40. The molecule has 0 saturated heterocycles. The van der Waals surface area contributed by atoms with Crippen molar-refractivity contribution in [2.45, 2.75) is 31.0 Å². The van der Waals surface area contributed by atoms with Gasteiger partial charge in [-0.2, -0.15) is 0 Å². The fourth-order valence-electron chi connectivity index (χ4n) is 1.92. The maximum Gasteiger partial charge on any atom is 0.185 e. The Morgan fingerprint density at radius 1 is 1.11 bits per heavy atom. The second kappa shape index (κ2) is 5.19. The first-order chi connectivity index (χ1) is 8.92. The van der Waals surface area contributed by atoms with E-state index in [-0.39, 0.29) is 12.3 Å². The molecule has 0 aliphatic carbocycles. The van der Waals surface area contributed by atoms with Crippen LogP contribution in [0.2, 0.25) is 0 Å². The van der Waals surface area contributed by atoms with E-state index in [1.165, 1.54) is 0 Å². The third-order valence-electron chi connectivity index (χ3n) is 2.93. The number of furan rings is 1. The third-order valence-corrected chi connectivity index (χ3v) is 4.70. The molecule has 102 valence electrons. The first-order valence-corrected chi connectivity index (χ1v) is 7.65. The van der Waals surface area contributed by atoms with Crippen molar-refractivity contribution < 1.29 is 12.8 Å². The molecule has 2 N–H and O–H groups in total. The van der Waals surface area contributed by atoms with E-state index in [9.17, 15) is 8.42 Å². The van der Waals surface area contributed by atoms with Crippen molar-refractivity contribution in [1.82, 2.24) is 0 Å². The van der Waals surface area contributed by atoms with E-state index in [1.807, 2.05) is 19.1 Å². The predicted molar refractivity (Wildman–Crippen MR) is 73.4 cm³/mol. The van der Waals surface area contributed by atoms with Crippen LogP contribution in [-0.4, -0.2) is 8.42 Å². The average molecular weight is 279 g/mol. The fourth-order valence-corrected chi connectivity index (χ4v) is 3.53. The van der Waals surface area contributed by atoms with Gasteiger partial charge in [-0.15, -0.1) is 0 Å². The van der Waals surface area contributed by atoms with Crippen LogP contribution in [0, 0.1) is 13.8 Å². The highest BCUT2D eigenvalue weighted by Gasteiger charge is 2.19. The van der Waals surface area contributed by atoms with Gasteiger partial charge >= 0.3 is 0 Å². The van der Waals surface area contributed by atoms with Crippen LogP contribution in [0.3, 0.4) is 0 Å². The Balaban J connectivity index is 2.34. The minimum absolute atomic E-state index is 0.142. The van der Waals surface area contributed by atoms with Crippen molar-refractivity contribution >= 4 is 9.84 Å². The first kappa shape index (κ1) is 13.8. The lowest BCUT2D eigenvalue weighted by Crippen LogP contribution is -2.06. The van der Waals surface area contributed by atoms with Gasteiger partial charge in [-0.25, -0.2) is 8.42 Å². The highest BCUT2D eigenvalue weighted by Crippen LogP contribution is 2.22. The topological polar surface area (TPSA) is 73.3 Å². The van der Waals surface area contributed by atoms with Crippen molar-refractivity contribution in [3.8, 4) is 0 Å².